The lowest BCUT2D eigenvalue weighted by Crippen LogP contribution is -2.35. The topological polar surface area (TPSA) is 41.6 Å². The van der Waals surface area contributed by atoms with Gasteiger partial charge in [-0.05, 0) is 30.5 Å². The second-order valence-electron chi connectivity index (χ2n) is 4.71. The zero-order valence-electron chi connectivity index (χ0n) is 11.0. The maximum absolute atomic E-state index is 12.4. The molecule has 0 radical (unpaired) electrons. The first kappa shape index (κ1) is 17.1. The molecule has 1 aliphatic rings. The summed E-state index contributed by atoms with van der Waals surface area (Å²) >= 11 is 0. The van der Waals surface area contributed by atoms with Crippen LogP contribution >= 0.6 is 24.0 Å². The molecule has 0 saturated heterocycles. The Balaban J connectivity index is 0.00000200. The minimum Gasteiger partial charge on any atom is -0.370 e. The highest BCUT2D eigenvalue weighted by Crippen LogP contribution is 2.29. The Kier molecular flexibility index (Phi) is 5.67. The van der Waals surface area contributed by atoms with E-state index in [-0.39, 0.29) is 24.0 Å². The molecule has 112 valence electrons. The van der Waals surface area contributed by atoms with E-state index in [1.165, 1.54) is 12.1 Å². The van der Waals surface area contributed by atoms with Gasteiger partial charge in [0.05, 0.1) is 12.1 Å². The molecule has 1 saturated carbocycles. The molecule has 1 fully saturated rings. The summed E-state index contributed by atoms with van der Waals surface area (Å²) in [4.78, 5) is 6.09. The van der Waals surface area contributed by atoms with Gasteiger partial charge >= 0.3 is 6.18 Å². The first-order valence-corrected chi connectivity index (χ1v) is 6.07. The second-order valence-corrected chi connectivity index (χ2v) is 4.71. The van der Waals surface area contributed by atoms with Gasteiger partial charge < -0.3 is 10.6 Å². The summed E-state index contributed by atoms with van der Waals surface area (Å²) in [6.45, 7) is 0.293. The van der Waals surface area contributed by atoms with Gasteiger partial charge in [0.1, 0.15) is 0 Å². The number of alkyl halides is 3. The predicted molar refractivity (Wildman–Crippen MR) is 83.0 cm³/mol. The third kappa shape index (κ3) is 4.53. The molecule has 2 rings (SSSR count). The molecular formula is C13H17F3IN3. The van der Waals surface area contributed by atoms with Crippen LogP contribution in [0.15, 0.2) is 29.3 Å². The van der Waals surface area contributed by atoms with E-state index in [4.69, 9.17) is 5.73 Å². The summed E-state index contributed by atoms with van der Waals surface area (Å²) in [6, 6.07) is 5.45. The normalized spacial score (nSPS) is 15.7. The summed E-state index contributed by atoms with van der Waals surface area (Å²) in [7, 11) is 1.88. The van der Waals surface area contributed by atoms with Crippen LogP contribution in [0, 0.1) is 0 Å². The number of rotatable bonds is 3. The number of guanidine groups is 1. The van der Waals surface area contributed by atoms with E-state index in [0.717, 1.165) is 25.0 Å². The maximum Gasteiger partial charge on any atom is 0.416 e. The summed E-state index contributed by atoms with van der Waals surface area (Å²) in [5.74, 6) is 0.433. The molecule has 0 unspecified atom stereocenters. The van der Waals surface area contributed by atoms with E-state index < -0.39 is 11.7 Å². The van der Waals surface area contributed by atoms with Gasteiger partial charge in [-0.3, -0.25) is 0 Å². The molecule has 2 N–H and O–H groups in total. The zero-order valence-corrected chi connectivity index (χ0v) is 13.4. The van der Waals surface area contributed by atoms with Gasteiger partial charge in [0.25, 0.3) is 0 Å². The molecular weight excluding hydrogens is 382 g/mol. The Morgan fingerprint density at radius 3 is 2.30 bits per heavy atom. The lowest BCUT2D eigenvalue weighted by atomic mass is 10.1. The first-order valence-electron chi connectivity index (χ1n) is 6.07. The molecule has 3 nitrogen and oxygen atoms in total. The Hall–Kier alpha value is -0.990. The number of nitrogens with zero attached hydrogens (tertiary/aromatic N) is 2. The lowest BCUT2D eigenvalue weighted by molar-refractivity contribution is -0.137. The fourth-order valence-electron chi connectivity index (χ4n) is 1.73. The monoisotopic (exact) mass is 399 g/mol. The van der Waals surface area contributed by atoms with Crippen molar-refractivity contribution in [1.29, 1.82) is 0 Å². The number of aliphatic imine (C=N–C) groups is 1. The van der Waals surface area contributed by atoms with Crippen molar-refractivity contribution in [2.75, 3.05) is 7.05 Å². The van der Waals surface area contributed by atoms with Crippen LogP contribution in [0.4, 0.5) is 13.2 Å². The highest BCUT2D eigenvalue weighted by atomic mass is 127. The van der Waals surface area contributed by atoms with Gasteiger partial charge in [0, 0.05) is 13.1 Å². The quantitative estimate of drug-likeness (QED) is 0.482. The van der Waals surface area contributed by atoms with Crippen molar-refractivity contribution in [3.8, 4) is 0 Å². The molecule has 0 aromatic heterocycles. The third-order valence-electron chi connectivity index (χ3n) is 3.16. The Labute approximate surface area is 133 Å². The fourth-order valence-corrected chi connectivity index (χ4v) is 1.73. The SMILES string of the molecule is CN(C(N)=NCc1ccc(C(F)(F)F)cc1)C1CC1.I. The standard InChI is InChI=1S/C13H16F3N3.HI/c1-19(11-6-7-11)12(17)18-8-9-2-4-10(5-3-9)13(14,15)16;/h2-5,11H,6-8H2,1H3,(H2,17,18);1H. The van der Waals surface area contributed by atoms with Crippen molar-refractivity contribution >= 4 is 29.9 Å². The van der Waals surface area contributed by atoms with Crippen LogP contribution in [-0.2, 0) is 12.7 Å². The highest BCUT2D eigenvalue weighted by Gasteiger charge is 2.30. The summed E-state index contributed by atoms with van der Waals surface area (Å²) in [5, 5.41) is 0. The number of halogens is 4. The van der Waals surface area contributed by atoms with Gasteiger partial charge in [-0.15, -0.1) is 24.0 Å². The number of hydrogen-bond donors (Lipinski definition) is 1. The number of hydrogen-bond acceptors (Lipinski definition) is 1. The van der Waals surface area contributed by atoms with E-state index in [2.05, 4.69) is 4.99 Å². The van der Waals surface area contributed by atoms with Crippen molar-refractivity contribution in [1.82, 2.24) is 4.90 Å². The van der Waals surface area contributed by atoms with Gasteiger partial charge in [0.2, 0.25) is 0 Å². The van der Waals surface area contributed by atoms with Crippen LogP contribution in [0.5, 0.6) is 0 Å². The zero-order chi connectivity index (χ0) is 14.0. The molecule has 0 aliphatic heterocycles. The van der Waals surface area contributed by atoms with Crippen molar-refractivity contribution in [2.24, 2.45) is 10.7 Å². The fraction of sp³-hybridized carbons (Fsp3) is 0.462. The lowest BCUT2D eigenvalue weighted by Gasteiger charge is -2.16. The van der Waals surface area contributed by atoms with Crippen LogP contribution in [0.3, 0.4) is 0 Å². The van der Waals surface area contributed by atoms with Crippen LogP contribution in [0.25, 0.3) is 0 Å². The van der Waals surface area contributed by atoms with Gasteiger partial charge in [0.15, 0.2) is 5.96 Å². The highest BCUT2D eigenvalue weighted by molar-refractivity contribution is 14.0. The van der Waals surface area contributed by atoms with E-state index in [9.17, 15) is 13.2 Å². The van der Waals surface area contributed by atoms with Crippen molar-refractivity contribution in [3.05, 3.63) is 35.4 Å². The summed E-state index contributed by atoms with van der Waals surface area (Å²) < 4.78 is 37.1. The molecule has 0 amide bonds. The molecule has 7 heteroatoms. The third-order valence-corrected chi connectivity index (χ3v) is 3.16. The maximum atomic E-state index is 12.4. The summed E-state index contributed by atoms with van der Waals surface area (Å²) in [5.41, 5.74) is 5.86. The van der Waals surface area contributed by atoms with E-state index in [1.807, 2.05) is 11.9 Å². The van der Waals surface area contributed by atoms with Gasteiger partial charge in [-0.1, -0.05) is 12.1 Å². The van der Waals surface area contributed by atoms with Crippen LogP contribution in [0.2, 0.25) is 0 Å². The molecule has 1 aliphatic carbocycles. The van der Waals surface area contributed by atoms with Crippen LogP contribution in [-0.4, -0.2) is 23.9 Å². The van der Waals surface area contributed by atoms with E-state index in [1.54, 1.807) is 0 Å². The smallest absolute Gasteiger partial charge is 0.370 e. The van der Waals surface area contributed by atoms with E-state index >= 15 is 0 Å². The molecule has 0 heterocycles. The largest absolute Gasteiger partial charge is 0.416 e. The molecule has 1 aromatic carbocycles. The number of nitrogens with two attached hydrogens (primary N) is 1. The average molecular weight is 399 g/mol. The average Bonchev–Trinajstić information content (AvgIpc) is 3.18. The molecule has 1 aromatic rings. The van der Waals surface area contributed by atoms with Crippen LogP contribution in [0.1, 0.15) is 24.0 Å². The predicted octanol–water partition coefficient (Wildman–Crippen LogP) is 3.23. The van der Waals surface area contributed by atoms with Gasteiger partial charge in [-0.25, -0.2) is 4.99 Å². The number of benzene rings is 1. The minimum atomic E-state index is -4.30. The van der Waals surface area contributed by atoms with Crippen molar-refractivity contribution in [3.63, 3.8) is 0 Å². The molecule has 0 atom stereocenters. The first-order chi connectivity index (χ1) is 8.88. The van der Waals surface area contributed by atoms with Crippen molar-refractivity contribution in [2.45, 2.75) is 31.6 Å². The van der Waals surface area contributed by atoms with Crippen LogP contribution < -0.4 is 5.73 Å². The Bertz CT molecular complexity index is 467. The van der Waals surface area contributed by atoms with Gasteiger partial charge in [-0.2, -0.15) is 13.2 Å². The Morgan fingerprint density at radius 2 is 1.85 bits per heavy atom. The minimum absolute atomic E-state index is 0. The van der Waals surface area contributed by atoms with E-state index in [0.29, 0.717) is 24.1 Å². The molecule has 0 bridgehead atoms. The summed E-state index contributed by atoms with van der Waals surface area (Å²) in [6.07, 6.45) is -2.06. The Morgan fingerprint density at radius 1 is 1.30 bits per heavy atom. The molecule has 20 heavy (non-hydrogen) atoms. The second kappa shape index (κ2) is 6.64. The van der Waals surface area contributed by atoms with Crippen molar-refractivity contribution < 1.29 is 13.2 Å². The molecule has 0 spiro atoms.